The van der Waals surface area contributed by atoms with Gasteiger partial charge >= 0.3 is 0 Å². The number of aliphatic hydroxyl groups is 1. The summed E-state index contributed by atoms with van der Waals surface area (Å²) < 4.78 is 0. The van der Waals surface area contributed by atoms with Gasteiger partial charge in [-0.25, -0.2) is 0 Å². The van der Waals surface area contributed by atoms with Crippen LogP contribution in [0, 0.1) is 6.92 Å². The Bertz CT molecular complexity index is 303. The molecule has 1 rings (SSSR count). The van der Waals surface area contributed by atoms with Crippen molar-refractivity contribution >= 4 is 0 Å². The van der Waals surface area contributed by atoms with Gasteiger partial charge in [-0.1, -0.05) is 26.0 Å². The molecule has 0 aliphatic heterocycles. The van der Waals surface area contributed by atoms with Crippen LogP contribution in [0.4, 0.5) is 0 Å². The second-order valence-corrected chi connectivity index (χ2v) is 3.99. The van der Waals surface area contributed by atoms with E-state index in [4.69, 9.17) is 0 Å². The predicted octanol–water partition coefficient (Wildman–Crippen LogP) is 1.97. The molecule has 1 aromatic rings. The van der Waals surface area contributed by atoms with Gasteiger partial charge in [0.05, 0.1) is 6.61 Å². The molecule has 72 valence electrons. The second kappa shape index (κ2) is 3.38. The van der Waals surface area contributed by atoms with Gasteiger partial charge in [0, 0.05) is 5.41 Å². The number of aromatic hydroxyl groups is 1. The van der Waals surface area contributed by atoms with E-state index in [2.05, 4.69) is 0 Å². The normalized spacial score (nSPS) is 11.7. The molecule has 13 heavy (non-hydrogen) atoms. The highest BCUT2D eigenvalue weighted by atomic mass is 16.3. The standard InChI is InChI=1S/C11H16O2/c1-8-9(11(2,3)7-12)5-4-6-10(8)13/h4-6,12-13H,7H2,1-3H3. The zero-order chi connectivity index (χ0) is 10.1. The van der Waals surface area contributed by atoms with Crippen LogP contribution in [0.2, 0.25) is 0 Å². The molecular weight excluding hydrogens is 164 g/mol. The number of hydrogen-bond acceptors (Lipinski definition) is 2. The highest BCUT2D eigenvalue weighted by Crippen LogP contribution is 2.30. The molecule has 0 saturated carbocycles. The van der Waals surface area contributed by atoms with Crippen LogP contribution in [0.15, 0.2) is 18.2 Å². The van der Waals surface area contributed by atoms with Crippen LogP contribution in [0.1, 0.15) is 25.0 Å². The number of phenols is 1. The quantitative estimate of drug-likeness (QED) is 0.730. The van der Waals surface area contributed by atoms with Gasteiger partial charge < -0.3 is 10.2 Å². The zero-order valence-electron chi connectivity index (χ0n) is 8.33. The topological polar surface area (TPSA) is 40.5 Å². The lowest BCUT2D eigenvalue weighted by Gasteiger charge is -2.24. The third-order valence-corrected chi connectivity index (χ3v) is 2.43. The molecule has 0 heterocycles. The summed E-state index contributed by atoms with van der Waals surface area (Å²) >= 11 is 0. The molecule has 0 saturated heterocycles. The molecule has 0 aromatic heterocycles. The Morgan fingerprint density at radius 1 is 1.31 bits per heavy atom. The Hall–Kier alpha value is -1.02. The van der Waals surface area contributed by atoms with Crippen molar-refractivity contribution < 1.29 is 10.2 Å². The monoisotopic (exact) mass is 180 g/mol. The molecule has 0 atom stereocenters. The van der Waals surface area contributed by atoms with Crippen molar-refractivity contribution in [3.05, 3.63) is 29.3 Å². The van der Waals surface area contributed by atoms with E-state index in [1.54, 1.807) is 12.1 Å². The lowest BCUT2D eigenvalue weighted by atomic mass is 9.83. The molecule has 0 aliphatic rings. The smallest absolute Gasteiger partial charge is 0.118 e. The fourth-order valence-electron chi connectivity index (χ4n) is 1.44. The molecule has 0 bridgehead atoms. The average molecular weight is 180 g/mol. The van der Waals surface area contributed by atoms with E-state index in [9.17, 15) is 10.2 Å². The molecule has 2 nitrogen and oxygen atoms in total. The van der Waals surface area contributed by atoms with Crippen LogP contribution >= 0.6 is 0 Å². The molecule has 0 fully saturated rings. The Labute approximate surface area is 78.8 Å². The number of hydrogen-bond donors (Lipinski definition) is 2. The van der Waals surface area contributed by atoms with Gasteiger partial charge in [-0.3, -0.25) is 0 Å². The van der Waals surface area contributed by atoms with Gasteiger partial charge in [0.2, 0.25) is 0 Å². The average Bonchev–Trinajstić information content (AvgIpc) is 2.09. The summed E-state index contributed by atoms with van der Waals surface area (Å²) in [5.41, 5.74) is 1.56. The van der Waals surface area contributed by atoms with Gasteiger partial charge in [-0.2, -0.15) is 0 Å². The zero-order valence-corrected chi connectivity index (χ0v) is 8.33. The van der Waals surface area contributed by atoms with Crippen LogP contribution in [-0.4, -0.2) is 16.8 Å². The maximum absolute atomic E-state index is 9.48. The number of rotatable bonds is 2. The first kappa shape index (κ1) is 10.1. The predicted molar refractivity (Wildman–Crippen MR) is 53.0 cm³/mol. The minimum absolute atomic E-state index is 0.0806. The fraction of sp³-hybridized carbons (Fsp3) is 0.455. The van der Waals surface area contributed by atoms with E-state index in [1.807, 2.05) is 26.8 Å². The first-order valence-corrected chi connectivity index (χ1v) is 4.39. The van der Waals surface area contributed by atoms with Crippen molar-refractivity contribution in [2.45, 2.75) is 26.2 Å². The largest absolute Gasteiger partial charge is 0.508 e. The second-order valence-electron chi connectivity index (χ2n) is 3.99. The van der Waals surface area contributed by atoms with Crippen molar-refractivity contribution in [3.63, 3.8) is 0 Å². The van der Waals surface area contributed by atoms with E-state index in [1.165, 1.54) is 0 Å². The summed E-state index contributed by atoms with van der Waals surface area (Å²) in [6.45, 7) is 5.85. The van der Waals surface area contributed by atoms with E-state index in [0.29, 0.717) is 5.75 Å². The van der Waals surface area contributed by atoms with Crippen LogP contribution in [0.25, 0.3) is 0 Å². The van der Waals surface area contributed by atoms with Crippen molar-refractivity contribution in [2.24, 2.45) is 0 Å². The van der Waals surface area contributed by atoms with Crippen molar-refractivity contribution in [1.29, 1.82) is 0 Å². The highest BCUT2D eigenvalue weighted by Gasteiger charge is 2.22. The lowest BCUT2D eigenvalue weighted by molar-refractivity contribution is 0.217. The molecule has 0 aliphatic carbocycles. The summed E-state index contributed by atoms with van der Waals surface area (Å²) in [5.74, 6) is 0.291. The maximum Gasteiger partial charge on any atom is 0.118 e. The van der Waals surface area contributed by atoms with Crippen LogP contribution in [0.3, 0.4) is 0 Å². The third kappa shape index (κ3) is 1.83. The summed E-state index contributed by atoms with van der Waals surface area (Å²) in [4.78, 5) is 0. The van der Waals surface area contributed by atoms with Crippen molar-refractivity contribution in [2.75, 3.05) is 6.61 Å². The highest BCUT2D eigenvalue weighted by molar-refractivity contribution is 5.41. The molecular formula is C11H16O2. The first-order valence-electron chi connectivity index (χ1n) is 4.39. The Morgan fingerprint density at radius 2 is 1.92 bits per heavy atom. The van der Waals surface area contributed by atoms with E-state index in [0.717, 1.165) is 11.1 Å². The third-order valence-electron chi connectivity index (χ3n) is 2.43. The molecule has 0 radical (unpaired) electrons. The summed E-state index contributed by atoms with van der Waals surface area (Å²) in [5, 5.41) is 18.7. The molecule has 2 N–H and O–H groups in total. The van der Waals surface area contributed by atoms with E-state index in [-0.39, 0.29) is 12.0 Å². The van der Waals surface area contributed by atoms with Crippen molar-refractivity contribution in [1.82, 2.24) is 0 Å². The van der Waals surface area contributed by atoms with E-state index >= 15 is 0 Å². The summed E-state index contributed by atoms with van der Waals surface area (Å²) in [7, 11) is 0. The lowest BCUT2D eigenvalue weighted by Crippen LogP contribution is -2.23. The molecule has 1 aromatic carbocycles. The minimum Gasteiger partial charge on any atom is -0.508 e. The number of benzene rings is 1. The van der Waals surface area contributed by atoms with Gasteiger partial charge in [0.1, 0.15) is 5.75 Å². The van der Waals surface area contributed by atoms with E-state index < -0.39 is 0 Å². The Kier molecular flexibility index (Phi) is 2.62. The SMILES string of the molecule is Cc1c(O)cccc1C(C)(C)CO. The van der Waals surface area contributed by atoms with Gasteiger partial charge in [0.15, 0.2) is 0 Å². The molecule has 0 unspecified atom stereocenters. The van der Waals surface area contributed by atoms with Crippen LogP contribution < -0.4 is 0 Å². The van der Waals surface area contributed by atoms with Gasteiger partial charge in [-0.05, 0) is 24.1 Å². The van der Waals surface area contributed by atoms with Gasteiger partial charge in [-0.15, -0.1) is 0 Å². The number of phenolic OH excluding ortho intramolecular Hbond substituents is 1. The summed E-state index contributed by atoms with van der Waals surface area (Å²) in [6.07, 6.45) is 0. The van der Waals surface area contributed by atoms with Crippen LogP contribution in [-0.2, 0) is 5.41 Å². The Morgan fingerprint density at radius 3 is 2.46 bits per heavy atom. The van der Waals surface area contributed by atoms with Crippen molar-refractivity contribution in [3.8, 4) is 5.75 Å². The summed E-state index contributed by atoms with van der Waals surface area (Å²) in [6, 6.07) is 5.40. The maximum atomic E-state index is 9.48. The molecule has 0 amide bonds. The van der Waals surface area contributed by atoms with Gasteiger partial charge in [0.25, 0.3) is 0 Å². The molecule has 2 heteroatoms. The minimum atomic E-state index is -0.289. The number of aliphatic hydroxyl groups excluding tert-OH is 1. The first-order chi connectivity index (χ1) is 5.99. The molecule has 0 spiro atoms. The van der Waals surface area contributed by atoms with Crippen LogP contribution in [0.5, 0.6) is 5.75 Å². The Balaban J connectivity index is 3.22. The fourth-order valence-corrected chi connectivity index (χ4v) is 1.44.